The topological polar surface area (TPSA) is 79.4 Å². The van der Waals surface area contributed by atoms with Crippen LogP contribution in [0.2, 0.25) is 18.1 Å². The lowest BCUT2D eigenvalue weighted by atomic mass is 9.95. The van der Waals surface area contributed by atoms with E-state index in [0.29, 0.717) is 12.1 Å². The summed E-state index contributed by atoms with van der Waals surface area (Å²) in [6.45, 7) is 16.2. The van der Waals surface area contributed by atoms with Gasteiger partial charge in [-0.25, -0.2) is 4.79 Å². The molecule has 1 aromatic rings. The Hall–Kier alpha value is -1.91. The first-order valence-corrected chi connectivity index (χ1v) is 16.1. The summed E-state index contributed by atoms with van der Waals surface area (Å²) in [6.07, 6.45) is -0.913. The van der Waals surface area contributed by atoms with E-state index in [1.54, 1.807) is 11.9 Å². The summed E-state index contributed by atoms with van der Waals surface area (Å²) in [7, 11) is -0.485. The van der Waals surface area contributed by atoms with E-state index in [1.807, 2.05) is 45.0 Å². The maximum Gasteiger partial charge on any atom is 0.416 e. The molecule has 0 aliphatic carbocycles. The van der Waals surface area contributed by atoms with Crippen molar-refractivity contribution in [2.45, 2.75) is 94.3 Å². The number of amides is 3. The number of fused-ring (bicyclic) bond motifs is 5. The molecule has 2 fully saturated rings. The second kappa shape index (κ2) is 8.56. The number of hydrogen-bond acceptors (Lipinski definition) is 5. The Balaban J connectivity index is 1.73. The van der Waals surface area contributed by atoms with Crippen molar-refractivity contribution >= 4 is 47.8 Å². The smallest absolute Gasteiger partial charge is 0.416 e. The number of halogens is 1. The maximum atomic E-state index is 14.1. The second-order valence-electron chi connectivity index (χ2n) is 12.6. The van der Waals surface area contributed by atoms with Gasteiger partial charge in [0.25, 0.3) is 0 Å². The largest absolute Gasteiger partial charge is 0.443 e. The normalized spacial score (nSPS) is 28.3. The van der Waals surface area contributed by atoms with Crippen LogP contribution >= 0.6 is 15.9 Å². The van der Waals surface area contributed by atoms with Crippen LogP contribution in [0.5, 0.6) is 0 Å². The van der Waals surface area contributed by atoms with E-state index in [1.165, 1.54) is 9.80 Å². The summed E-state index contributed by atoms with van der Waals surface area (Å²) < 4.78 is 11.4. The lowest BCUT2D eigenvalue weighted by Crippen LogP contribution is -2.67. The lowest BCUT2D eigenvalue weighted by molar-refractivity contribution is -0.161. The van der Waals surface area contributed by atoms with Crippen LogP contribution in [-0.2, 0) is 23.1 Å². The van der Waals surface area contributed by atoms with Crippen LogP contribution in [0.1, 0.15) is 53.5 Å². The van der Waals surface area contributed by atoms with Gasteiger partial charge < -0.3 is 19.0 Å². The second-order valence-corrected chi connectivity index (χ2v) is 18.8. The van der Waals surface area contributed by atoms with Gasteiger partial charge in [-0.2, -0.15) is 0 Å². The Morgan fingerprint density at radius 1 is 1.11 bits per heavy atom. The fraction of sp³-hybridized carbons (Fsp3) is 0.654. The van der Waals surface area contributed by atoms with Crippen LogP contribution in [0.15, 0.2) is 24.3 Å². The number of benzene rings is 1. The molecule has 3 aliphatic heterocycles. The van der Waals surface area contributed by atoms with E-state index >= 15 is 0 Å². The van der Waals surface area contributed by atoms with Crippen LogP contribution in [-0.4, -0.2) is 73.5 Å². The van der Waals surface area contributed by atoms with E-state index in [4.69, 9.17) is 9.16 Å². The number of ether oxygens (including phenoxy) is 1. The average molecular weight is 581 g/mol. The number of alkyl halides is 1. The SMILES string of the molecule is CN1C(=O)[C@H]2C[C@]3(Br)c4ccccc4N(C(=O)OC(C)(C)C)[C@@H]3N2C(=O)[C@H]1CO[Si](C)(C)C(C)(C)C. The molecule has 3 amide bonds. The van der Waals surface area contributed by atoms with Gasteiger partial charge in [0, 0.05) is 13.5 Å². The predicted octanol–water partition coefficient (Wildman–Crippen LogP) is 4.82. The summed E-state index contributed by atoms with van der Waals surface area (Å²) in [5, 5.41) is -0.0326. The first-order chi connectivity index (χ1) is 16.4. The van der Waals surface area contributed by atoms with Crippen LogP contribution in [0.3, 0.4) is 0 Å². The molecule has 0 N–H and O–H groups in total. The zero-order valence-corrected chi connectivity index (χ0v) is 25.3. The number of anilines is 1. The Kier molecular flexibility index (Phi) is 6.45. The number of nitrogens with zero attached hydrogens (tertiary/aromatic N) is 3. The number of carbonyl (C=O) groups excluding carboxylic acids is 3. The van der Waals surface area contributed by atoms with Crippen molar-refractivity contribution in [3.8, 4) is 0 Å². The molecule has 3 heterocycles. The molecule has 10 heteroatoms. The number of para-hydroxylation sites is 1. The van der Waals surface area contributed by atoms with Crippen LogP contribution < -0.4 is 4.90 Å². The van der Waals surface area contributed by atoms with E-state index in [0.717, 1.165) is 5.56 Å². The molecular formula is C26H38BrN3O5Si. The predicted molar refractivity (Wildman–Crippen MR) is 145 cm³/mol. The van der Waals surface area contributed by atoms with Crippen molar-refractivity contribution in [2.75, 3.05) is 18.6 Å². The third-order valence-corrected chi connectivity index (χ3v) is 13.7. The minimum Gasteiger partial charge on any atom is -0.443 e. The van der Waals surface area contributed by atoms with Gasteiger partial charge in [-0.1, -0.05) is 54.9 Å². The van der Waals surface area contributed by atoms with Crippen molar-refractivity contribution in [3.63, 3.8) is 0 Å². The summed E-state index contributed by atoms with van der Waals surface area (Å²) in [6, 6.07) is 6.11. The molecular weight excluding hydrogens is 542 g/mol. The molecule has 4 atom stereocenters. The Morgan fingerprint density at radius 3 is 2.31 bits per heavy atom. The molecule has 2 saturated heterocycles. The first kappa shape index (κ1) is 27.1. The zero-order chi connectivity index (χ0) is 27.0. The third kappa shape index (κ3) is 4.18. The van der Waals surface area contributed by atoms with Gasteiger partial charge in [-0.05, 0) is 50.5 Å². The molecule has 0 spiro atoms. The number of piperazine rings is 1. The standard InChI is InChI=1S/C26H38BrN3O5Si/c1-24(2,3)35-23(33)30-17-13-11-10-12-16(17)26(27)14-18-20(31)28(7)19(21(32)29(18)22(26)30)15-34-36(8,9)25(4,5)6/h10-13,18-19,22H,14-15H2,1-9H3/t18-,19-,22+,26+/m1/s1. The zero-order valence-electron chi connectivity index (χ0n) is 22.7. The minimum absolute atomic E-state index is 0.0326. The first-order valence-electron chi connectivity index (χ1n) is 12.4. The Bertz CT molecular complexity index is 1100. The number of likely N-dealkylation sites (N-methyl/N-ethyl adjacent to an activating group) is 1. The molecule has 0 aromatic heterocycles. The highest BCUT2D eigenvalue weighted by molar-refractivity contribution is 9.09. The van der Waals surface area contributed by atoms with Crippen LogP contribution in [0.4, 0.5) is 10.5 Å². The fourth-order valence-electron chi connectivity index (χ4n) is 5.02. The van der Waals surface area contributed by atoms with Crippen molar-refractivity contribution in [2.24, 2.45) is 0 Å². The number of rotatable bonds is 3. The van der Waals surface area contributed by atoms with Crippen molar-refractivity contribution in [1.82, 2.24) is 9.80 Å². The van der Waals surface area contributed by atoms with E-state index in [-0.39, 0.29) is 23.5 Å². The molecule has 0 bridgehead atoms. The van der Waals surface area contributed by atoms with Gasteiger partial charge in [0.2, 0.25) is 11.8 Å². The fourth-order valence-corrected chi connectivity index (χ4v) is 7.10. The molecule has 0 saturated carbocycles. The highest BCUT2D eigenvalue weighted by atomic mass is 79.9. The number of carbonyl (C=O) groups is 3. The van der Waals surface area contributed by atoms with Crippen LogP contribution in [0.25, 0.3) is 0 Å². The van der Waals surface area contributed by atoms with Gasteiger partial charge in [0.1, 0.15) is 23.9 Å². The molecule has 8 nitrogen and oxygen atoms in total. The quantitative estimate of drug-likeness (QED) is 0.379. The van der Waals surface area contributed by atoms with E-state index < -0.39 is 42.6 Å². The Labute approximate surface area is 223 Å². The van der Waals surface area contributed by atoms with Crippen LogP contribution in [0, 0.1) is 0 Å². The minimum atomic E-state index is -2.16. The highest BCUT2D eigenvalue weighted by Gasteiger charge is 2.67. The third-order valence-electron chi connectivity index (χ3n) is 7.99. The Morgan fingerprint density at radius 2 is 1.72 bits per heavy atom. The lowest BCUT2D eigenvalue weighted by Gasteiger charge is -2.45. The molecule has 198 valence electrons. The summed E-state index contributed by atoms with van der Waals surface area (Å²) in [5.41, 5.74) is 0.830. The van der Waals surface area contributed by atoms with Gasteiger partial charge in [0.05, 0.1) is 16.6 Å². The summed E-state index contributed by atoms with van der Waals surface area (Å²) >= 11 is 3.90. The maximum absolute atomic E-state index is 14.1. The molecule has 4 rings (SSSR count). The average Bonchev–Trinajstić information content (AvgIpc) is 3.17. The van der Waals surface area contributed by atoms with Crippen molar-refractivity contribution in [3.05, 3.63) is 29.8 Å². The molecule has 0 radical (unpaired) electrons. The van der Waals surface area contributed by atoms with Gasteiger partial charge in [-0.15, -0.1) is 0 Å². The highest BCUT2D eigenvalue weighted by Crippen LogP contribution is 2.59. The van der Waals surface area contributed by atoms with Crippen molar-refractivity contribution < 1.29 is 23.5 Å². The molecule has 1 aromatic carbocycles. The van der Waals surface area contributed by atoms with Gasteiger partial charge in [-0.3, -0.25) is 14.5 Å². The number of hydrogen-bond donors (Lipinski definition) is 0. The van der Waals surface area contributed by atoms with Gasteiger partial charge >= 0.3 is 6.09 Å². The molecule has 0 unspecified atom stereocenters. The molecule has 36 heavy (non-hydrogen) atoms. The summed E-state index contributed by atoms with van der Waals surface area (Å²) in [5.74, 6) is -0.359. The monoisotopic (exact) mass is 579 g/mol. The van der Waals surface area contributed by atoms with E-state index in [9.17, 15) is 14.4 Å². The van der Waals surface area contributed by atoms with Crippen molar-refractivity contribution in [1.29, 1.82) is 0 Å². The van der Waals surface area contributed by atoms with E-state index in [2.05, 4.69) is 49.8 Å². The summed E-state index contributed by atoms with van der Waals surface area (Å²) in [4.78, 5) is 45.9. The van der Waals surface area contributed by atoms with Gasteiger partial charge in [0.15, 0.2) is 8.32 Å². The molecule has 3 aliphatic rings.